The second-order valence-electron chi connectivity index (χ2n) is 4.26. The van der Waals surface area contributed by atoms with Gasteiger partial charge < -0.3 is 19.2 Å². The van der Waals surface area contributed by atoms with E-state index >= 15 is 0 Å². The smallest absolute Gasteiger partial charge is 0.325 e. The standard InChI is InChI=1S/C14H18N2O4/c1-18-11-5-4-10(8-12(11)19-2)13(20-3)9-16-7-6-15-14(16)17/h4-8,13H,9H2,1-3H3,(H,15,17). The molecule has 1 atom stereocenters. The third-order valence-electron chi connectivity index (χ3n) is 3.15. The van der Waals surface area contributed by atoms with E-state index in [1.165, 1.54) is 0 Å². The van der Waals surface area contributed by atoms with Gasteiger partial charge in [0.05, 0.1) is 20.8 Å². The average Bonchev–Trinajstić information content (AvgIpc) is 2.89. The zero-order chi connectivity index (χ0) is 14.5. The van der Waals surface area contributed by atoms with Crippen LogP contribution in [0, 0.1) is 0 Å². The molecule has 2 rings (SSSR count). The number of hydrogen-bond acceptors (Lipinski definition) is 4. The van der Waals surface area contributed by atoms with E-state index in [4.69, 9.17) is 14.2 Å². The van der Waals surface area contributed by atoms with Gasteiger partial charge in [0.1, 0.15) is 6.10 Å². The lowest BCUT2D eigenvalue weighted by atomic mass is 10.1. The summed E-state index contributed by atoms with van der Waals surface area (Å²) in [4.78, 5) is 14.1. The van der Waals surface area contributed by atoms with Crippen molar-refractivity contribution in [3.63, 3.8) is 0 Å². The van der Waals surface area contributed by atoms with Crippen LogP contribution in [0.5, 0.6) is 11.5 Å². The van der Waals surface area contributed by atoms with E-state index in [0.29, 0.717) is 18.0 Å². The molecule has 1 unspecified atom stereocenters. The van der Waals surface area contributed by atoms with Crippen molar-refractivity contribution in [2.24, 2.45) is 0 Å². The Morgan fingerprint density at radius 1 is 1.20 bits per heavy atom. The molecule has 6 nitrogen and oxygen atoms in total. The van der Waals surface area contributed by atoms with Crippen molar-refractivity contribution in [1.29, 1.82) is 0 Å². The number of methoxy groups -OCH3 is 3. The molecule has 0 bridgehead atoms. The van der Waals surface area contributed by atoms with E-state index in [2.05, 4.69) is 4.98 Å². The second-order valence-corrected chi connectivity index (χ2v) is 4.26. The van der Waals surface area contributed by atoms with Gasteiger partial charge in [0, 0.05) is 19.5 Å². The SMILES string of the molecule is COc1ccc(C(Cn2cc[nH]c2=O)OC)cc1OC. The number of nitrogens with zero attached hydrogens (tertiary/aromatic N) is 1. The number of nitrogens with one attached hydrogen (secondary N) is 1. The molecular formula is C14H18N2O4. The van der Waals surface area contributed by atoms with Crippen molar-refractivity contribution in [2.45, 2.75) is 12.6 Å². The van der Waals surface area contributed by atoms with Gasteiger partial charge in [0.2, 0.25) is 0 Å². The van der Waals surface area contributed by atoms with Crippen molar-refractivity contribution in [3.05, 3.63) is 46.6 Å². The van der Waals surface area contributed by atoms with Crippen LogP contribution in [0.3, 0.4) is 0 Å². The van der Waals surface area contributed by atoms with E-state index in [1.807, 2.05) is 18.2 Å². The predicted octanol–water partition coefficient (Wildman–Crippen LogP) is 1.58. The third kappa shape index (κ3) is 2.85. The van der Waals surface area contributed by atoms with Gasteiger partial charge in [0.25, 0.3) is 0 Å². The summed E-state index contributed by atoms with van der Waals surface area (Å²) in [5, 5.41) is 0. The number of ether oxygens (including phenoxy) is 3. The molecule has 1 N–H and O–H groups in total. The second kappa shape index (κ2) is 6.29. The molecule has 0 radical (unpaired) electrons. The first-order chi connectivity index (χ1) is 9.69. The quantitative estimate of drug-likeness (QED) is 0.871. The molecule has 6 heteroatoms. The number of aromatic amines is 1. The zero-order valence-electron chi connectivity index (χ0n) is 11.8. The molecule has 1 aromatic heterocycles. The fraction of sp³-hybridized carbons (Fsp3) is 0.357. The van der Waals surface area contributed by atoms with Crippen molar-refractivity contribution in [2.75, 3.05) is 21.3 Å². The normalized spacial score (nSPS) is 12.2. The lowest BCUT2D eigenvalue weighted by Crippen LogP contribution is -2.21. The first-order valence-electron chi connectivity index (χ1n) is 6.18. The van der Waals surface area contributed by atoms with Crippen molar-refractivity contribution < 1.29 is 14.2 Å². The van der Waals surface area contributed by atoms with Crippen LogP contribution < -0.4 is 15.2 Å². The van der Waals surface area contributed by atoms with E-state index < -0.39 is 0 Å². The van der Waals surface area contributed by atoms with E-state index in [9.17, 15) is 4.79 Å². The van der Waals surface area contributed by atoms with Gasteiger partial charge in [-0.1, -0.05) is 6.07 Å². The van der Waals surface area contributed by atoms with E-state index in [-0.39, 0.29) is 11.8 Å². The molecule has 20 heavy (non-hydrogen) atoms. The maximum Gasteiger partial charge on any atom is 0.325 e. The van der Waals surface area contributed by atoms with Crippen LogP contribution in [-0.2, 0) is 11.3 Å². The lowest BCUT2D eigenvalue weighted by Gasteiger charge is -2.17. The fourth-order valence-corrected chi connectivity index (χ4v) is 2.04. The summed E-state index contributed by atoms with van der Waals surface area (Å²) >= 11 is 0. The minimum atomic E-state index is -0.247. The Morgan fingerprint density at radius 2 is 1.95 bits per heavy atom. The highest BCUT2D eigenvalue weighted by Gasteiger charge is 2.15. The molecule has 0 aliphatic rings. The molecule has 0 amide bonds. The van der Waals surface area contributed by atoms with Crippen molar-refractivity contribution in [1.82, 2.24) is 9.55 Å². The maximum absolute atomic E-state index is 11.5. The predicted molar refractivity (Wildman–Crippen MR) is 74.3 cm³/mol. The summed E-state index contributed by atoms with van der Waals surface area (Å²) in [5.74, 6) is 1.29. The molecular weight excluding hydrogens is 260 g/mol. The van der Waals surface area contributed by atoms with Gasteiger partial charge in [-0.15, -0.1) is 0 Å². The topological polar surface area (TPSA) is 65.5 Å². The molecule has 0 aliphatic carbocycles. The molecule has 1 heterocycles. The Balaban J connectivity index is 2.27. The van der Waals surface area contributed by atoms with Crippen molar-refractivity contribution >= 4 is 0 Å². The molecule has 0 saturated heterocycles. The number of aromatic nitrogens is 2. The summed E-state index contributed by atoms with van der Waals surface area (Å²) in [6, 6.07) is 5.57. The molecule has 0 saturated carbocycles. The first-order valence-corrected chi connectivity index (χ1v) is 6.18. The maximum atomic E-state index is 11.5. The fourth-order valence-electron chi connectivity index (χ4n) is 2.04. The van der Waals surface area contributed by atoms with Gasteiger partial charge in [-0.05, 0) is 17.7 Å². The highest BCUT2D eigenvalue weighted by molar-refractivity contribution is 5.43. The summed E-state index contributed by atoms with van der Waals surface area (Å²) in [5.41, 5.74) is 0.755. The van der Waals surface area contributed by atoms with Gasteiger partial charge in [-0.2, -0.15) is 0 Å². The Bertz CT molecular complexity index is 618. The third-order valence-corrected chi connectivity index (χ3v) is 3.15. The molecule has 0 spiro atoms. The van der Waals surface area contributed by atoms with Crippen LogP contribution in [0.4, 0.5) is 0 Å². The minimum absolute atomic E-state index is 0.160. The molecule has 0 aliphatic heterocycles. The summed E-state index contributed by atoms with van der Waals surface area (Å²) in [6.07, 6.45) is 3.04. The minimum Gasteiger partial charge on any atom is -0.493 e. The molecule has 0 fully saturated rings. The van der Waals surface area contributed by atoms with Crippen LogP contribution >= 0.6 is 0 Å². The zero-order valence-corrected chi connectivity index (χ0v) is 11.8. The average molecular weight is 278 g/mol. The summed E-state index contributed by atoms with van der Waals surface area (Å²) in [7, 11) is 4.78. The van der Waals surface area contributed by atoms with Crippen LogP contribution in [0.1, 0.15) is 11.7 Å². The Kier molecular flexibility index (Phi) is 4.47. The summed E-state index contributed by atoms with van der Waals surface area (Å²) < 4.78 is 17.5. The van der Waals surface area contributed by atoms with Gasteiger partial charge in [0.15, 0.2) is 11.5 Å². The largest absolute Gasteiger partial charge is 0.493 e. The van der Waals surface area contributed by atoms with E-state index in [0.717, 1.165) is 5.56 Å². The highest BCUT2D eigenvalue weighted by Crippen LogP contribution is 2.31. The number of hydrogen-bond donors (Lipinski definition) is 1. The molecule has 108 valence electrons. The van der Waals surface area contributed by atoms with Crippen molar-refractivity contribution in [3.8, 4) is 11.5 Å². The Morgan fingerprint density at radius 3 is 2.50 bits per heavy atom. The molecule has 1 aromatic carbocycles. The van der Waals surface area contributed by atoms with Crippen LogP contribution in [0.2, 0.25) is 0 Å². The van der Waals surface area contributed by atoms with Crippen LogP contribution in [0.25, 0.3) is 0 Å². The van der Waals surface area contributed by atoms with Crippen LogP contribution in [-0.4, -0.2) is 30.9 Å². The Labute approximate surface area is 116 Å². The number of imidazole rings is 1. The number of rotatable bonds is 6. The number of H-pyrrole nitrogens is 1. The van der Waals surface area contributed by atoms with Gasteiger partial charge >= 0.3 is 5.69 Å². The molecule has 2 aromatic rings. The Hall–Kier alpha value is -2.21. The first kappa shape index (κ1) is 14.2. The summed E-state index contributed by atoms with van der Waals surface area (Å²) in [6.45, 7) is 0.425. The van der Waals surface area contributed by atoms with Gasteiger partial charge in [-0.3, -0.25) is 4.57 Å². The van der Waals surface area contributed by atoms with Crippen LogP contribution in [0.15, 0.2) is 35.4 Å². The number of benzene rings is 1. The monoisotopic (exact) mass is 278 g/mol. The van der Waals surface area contributed by atoms with E-state index in [1.54, 1.807) is 38.3 Å². The van der Waals surface area contributed by atoms with Gasteiger partial charge in [-0.25, -0.2) is 4.79 Å². The highest BCUT2D eigenvalue weighted by atomic mass is 16.5. The lowest BCUT2D eigenvalue weighted by molar-refractivity contribution is 0.0868.